The van der Waals surface area contributed by atoms with Gasteiger partial charge in [0.05, 0.1) is 29.2 Å². The fourth-order valence-electron chi connectivity index (χ4n) is 7.27. The average Bonchev–Trinajstić information content (AvgIpc) is 3.21. The van der Waals surface area contributed by atoms with Gasteiger partial charge >= 0.3 is 63.3 Å². The van der Waals surface area contributed by atoms with Gasteiger partial charge < -0.3 is 14.0 Å². The van der Waals surface area contributed by atoms with Crippen molar-refractivity contribution in [3.8, 4) is 0 Å². The number of unbranched alkanes of at least 4 members (excludes halogenated alkanes) is 30. The van der Waals surface area contributed by atoms with Crippen molar-refractivity contribution in [1.29, 1.82) is 0 Å². The van der Waals surface area contributed by atoms with Crippen molar-refractivity contribution in [1.82, 2.24) is 0 Å². The Morgan fingerprint density at radius 1 is 0.458 bits per heavy atom. The van der Waals surface area contributed by atoms with Gasteiger partial charge in [0.25, 0.3) is 0 Å². The summed E-state index contributed by atoms with van der Waals surface area (Å²) in [4.78, 5) is 25.3. The fraction of sp³-hybridized carbons (Fsp3) is 0.760. The molecule has 0 aliphatic heterocycles. The summed E-state index contributed by atoms with van der Waals surface area (Å²) in [5.41, 5.74) is -0.335. The van der Waals surface area contributed by atoms with E-state index in [0.717, 1.165) is 50.7 Å². The van der Waals surface area contributed by atoms with Crippen molar-refractivity contribution in [2.45, 2.75) is 237 Å². The van der Waals surface area contributed by atoms with Crippen LogP contribution in [0.15, 0.2) is 47.4 Å². The molecule has 0 aromatic heterocycles. The second-order valence-electron chi connectivity index (χ2n) is 16.4. The van der Waals surface area contributed by atoms with Crippen LogP contribution in [0.25, 0.3) is 0 Å². The molecule has 1 aromatic carbocycles. The van der Waals surface area contributed by atoms with Crippen LogP contribution in [-0.4, -0.2) is 38.1 Å². The topological polar surface area (TPSA) is 110 Å². The predicted molar refractivity (Wildman–Crippen MR) is 242 cm³/mol. The Labute approximate surface area is 405 Å². The first-order valence-electron chi connectivity index (χ1n) is 24.0. The number of carbonyl (C=O) groups is 2. The number of carbonyl (C=O) groups excluding carboxylic acids is 2. The minimum atomic E-state index is -4.82. The van der Waals surface area contributed by atoms with E-state index in [0.29, 0.717) is 12.8 Å². The molecular formula is C50H85KO7S. The van der Waals surface area contributed by atoms with E-state index in [4.69, 9.17) is 9.47 Å². The molecule has 0 saturated heterocycles. The Morgan fingerprint density at radius 3 is 1.07 bits per heavy atom. The van der Waals surface area contributed by atoms with Crippen LogP contribution in [0.3, 0.4) is 0 Å². The molecule has 0 radical (unpaired) electrons. The van der Waals surface area contributed by atoms with Gasteiger partial charge in [0.15, 0.2) is 0 Å². The summed E-state index contributed by atoms with van der Waals surface area (Å²) >= 11 is 0. The van der Waals surface area contributed by atoms with Gasteiger partial charge in [-0.25, -0.2) is 18.0 Å². The number of rotatable bonds is 41. The van der Waals surface area contributed by atoms with E-state index in [1.807, 2.05) is 0 Å². The first kappa shape index (κ1) is 58.2. The van der Waals surface area contributed by atoms with E-state index in [1.165, 1.54) is 173 Å². The largest absolute Gasteiger partial charge is 1.00 e. The van der Waals surface area contributed by atoms with Gasteiger partial charge in [-0.15, -0.1) is 0 Å². The summed E-state index contributed by atoms with van der Waals surface area (Å²) in [6, 6.07) is 3.15. The van der Waals surface area contributed by atoms with E-state index in [9.17, 15) is 22.6 Å². The number of hydrogen-bond donors (Lipinski definition) is 0. The first-order chi connectivity index (χ1) is 28.3. The molecular weight excluding hydrogens is 784 g/mol. The molecule has 0 aliphatic carbocycles. The second-order valence-corrected chi connectivity index (χ2v) is 17.8. The average molecular weight is 869 g/mol. The smallest absolute Gasteiger partial charge is 0.744 e. The predicted octanol–water partition coefficient (Wildman–Crippen LogP) is 12.3. The number of hydrogen-bond acceptors (Lipinski definition) is 7. The minimum absolute atomic E-state index is 0. The third-order valence-electron chi connectivity index (χ3n) is 11.0. The van der Waals surface area contributed by atoms with E-state index < -0.39 is 27.0 Å². The standard InChI is InChI=1S/C50H86O7S.K/c1-3-5-7-9-11-13-15-17-19-21-23-25-27-29-31-33-35-37-39-43-56-49(51)47-42-41-46(58(53,54)55)45-48(47)50(52)57-44-40-38-36-34-32-30-28-26-24-22-20-18-16-14-12-10-8-6-4-2;/h13-16,41-42,45H,3-12,17-40,43-44H2,1-2H3,(H,53,54,55);/q;+1/p-1/b15-13+,16-14+;. The molecule has 0 saturated carbocycles. The van der Waals surface area contributed by atoms with Crippen molar-refractivity contribution in [2.75, 3.05) is 13.2 Å². The van der Waals surface area contributed by atoms with Gasteiger partial charge in [0, 0.05) is 0 Å². The number of allylic oxidation sites excluding steroid dienone is 4. The molecule has 0 heterocycles. The van der Waals surface area contributed by atoms with E-state index in [2.05, 4.69) is 38.2 Å². The van der Waals surface area contributed by atoms with Crippen LogP contribution in [0.1, 0.15) is 253 Å². The third kappa shape index (κ3) is 35.4. The van der Waals surface area contributed by atoms with Crippen molar-refractivity contribution < 1.29 is 83.4 Å². The summed E-state index contributed by atoms with van der Waals surface area (Å²) < 4.78 is 45.9. The Morgan fingerprint density at radius 2 is 0.746 bits per heavy atom. The van der Waals surface area contributed by atoms with Crippen LogP contribution in [-0.2, 0) is 19.6 Å². The molecule has 0 fully saturated rings. The monoisotopic (exact) mass is 869 g/mol. The molecule has 59 heavy (non-hydrogen) atoms. The van der Waals surface area contributed by atoms with Crippen molar-refractivity contribution >= 4 is 22.1 Å². The van der Waals surface area contributed by atoms with Gasteiger partial charge in [-0.2, -0.15) is 0 Å². The normalized spacial score (nSPS) is 11.7. The summed E-state index contributed by atoms with van der Waals surface area (Å²) in [5.74, 6) is -1.54. The third-order valence-corrected chi connectivity index (χ3v) is 11.8. The number of benzene rings is 1. The fourth-order valence-corrected chi connectivity index (χ4v) is 7.77. The zero-order valence-electron chi connectivity index (χ0n) is 38.3. The van der Waals surface area contributed by atoms with Crippen LogP contribution in [0.4, 0.5) is 0 Å². The van der Waals surface area contributed by atoms with Crippen molar-refractivity contribution in [3.05, 3.63) is 53.6 Å². The maximum absolute atomic E-state index is 13.0. The number of ether oxygens (including phenoxy) is 2. The van der Waals surface area contributed by atoms with Crippen LogP contribution in [0, 0.1) is 0 Å². The summed E-state index contributed by atoms with van der Waals surface area (Å²) in [6.45, 7) is 4.87. The Balaban J connectivity index is 0.0000336. The van der Waals surface area contributed by atoms with E-state index >= 15 is 0 Å². The van der Waals surface area contributed by atoms with Crippen LogP contribution >= 0.6 is 0 Å². The van der Waals surface area contributed by atoms with E-state index in [-0.39, 0.29) is 75.7 Å². The van der Waals surface area contributed by atoms with Crippen LogP contribution in [0.5, 0.6) is 0 Å². The van der Waals surface area contributed by atoms with Gasteiger partial charge in [-0.3, -0.25) is 0 Å². The quantitative estimate of drug-likeness (QED) is 0.0212. The van der Waals surface area contributed by atoms with Crippen molar-refractivity contribution in [2.24, 2.45) is 0 Å². The Hall–Kier alpha value is -0.814. The van der Waals surface area contributed by atoms with Gasteiger partial charge in [-0.05, 0) is 82.4 Å². The Kier molecular flexibility index (Phi) is 41.9. The number of esters is 2. The first-order valence-corrected chi connectivity index (χ1v) is 25.5. The SMILES string of the molecule is CCCCCC/C=C/CCCCCCCCCCCCCOC(=O)c1ccc(S(=O)(=O)[O-])cc1C(=O)OCCCCCCCCCCCCC/C=C/CCCCCC.[K+]. The summed E-state index contributed by atoms with van der Waals surface area (Å²) in [7, 11) is -4.82. The minimum Gasteiger partial charge on any atom is -0.744 e. The molecule has 0 amide bonds. The molecule has 0 N–H and O–H groups in total. The van der Waals surface area contributed by atoms with Crippen molar-refractivity contribution in [3.63, 3.8) is 0 Å². The zero-order chi connectivity index (χ0) is 42.2. The molecule has 0 unspecified atom stereocenters. The van der Waals surface area contributed by atoms with Gasteiger partial charge in [0.2, 0.25) is 0 Å². The van der Waals surface area contributed by atoms with Gasteiger partial charge in [-0.1, -0.05) is 192 Å². The molecule has 0 spiro atoms. The van der Waals surface area contributed by atoms with Gasteiger partial charge in [0.1, 0.15) is 10.1 Å². The molecule has 0 atom stereocenters. The second kappa shape index (κ2) is 42.5. The maximum atomic E-state index is 13.0. The summed E-state index contributed by atoms with van der Waals surface area (Å²) in [6.07, 6.45) is 50.7. The van der Waals surface area contributed by atoms with Crippen LogP contribution in [0.2, 0.25) is 0 Å². The summed E-state index contributed by atoms with van der Waals surface area (Å²) in [5, 5.41) is 0. The maximum Gasteiger partial charge on any atom is 1.00 e. The molecule has 0 aliphatic rings. The molecule has 0 bridgehead atoms. The molecule has 1 rings (SSSR count). The molecule has 9 heteroatoms. The molecule has 1 aromatic rings. The molecule has 7 nitrogen and oxygen atoms in total. The van der Waals surface area contributed by atoms with Crippen LogP contribution < -0.4 is 51.4 Å². The molecule has 334 valence electrons. The Bertz CT molecular complexity index is 1310. The van der Waals surface area contributed by atoms with E-state index in [1.54, 1.807) is 0 Å². The zero-order valence-corrected chi connectivity index (χ0v) is 42.2.